The van der Waals surface area contributed by atoms with Crippen molar-refractivity contribution >= 4 is 5.91 Å². The van der Waals surface area contributed by atoms with Gasteiger partial charge in [-0.25, -0.2) is 0 Å². The first-order valence-electron chi connectivity index (χ1n) is 5.84. The first-order valence-corrected chi connectivity index (χ1v) is 5.84. The summed E-state index contributed by atoms with van der Waals surface area (Å²) in [5.41, 5.74) is 0.206. The van der Waals surface area contributed by atoms with E-state index in [-0.39, 0.29) is 11.7 Å². The first kappa shape index (κ1) is 13.5. The molecule has 0 unspecified atom stereocenters. The lowest BCUT2D eigenvalue weighted by Gasteiger charge is -2.22. The minimum atomic E-state index is -0.664. The monoisotopic (exact) mass is 236 g/mol. The Bertz CT molecular complexity index is 389. The van der Waals surface area contributed by atoms with Crippen LogP contribution in [0.2, 0.25) is 0 Å². The quantitative estimate of drug-likeness (QED) is 0.779. The number of aromatic hydroxyl groups is 1. The summed E-state index contributed by atoms with van der Waals surface area (Å²) in [5, 5.41) is 12.3. The summed E-state index contributed by atoms with van der Waals surface area (Å²) in [6.07, 6.45) is 0. The molecule has 94 valence electrons. The molecule has 4 nitrogen and oxygen atoms in total. The van der Waals surface area contributed by atoms with E-state index < -0.39 is 5.54 Å². The number of nitrogens with zero attached hydrogens (tertiary/aromatic N) is 1. The number of phenolic OH excluding ortho intramolecular Hbond substituents is 1. The van der Waals surface area contributed by atoms with Crippen LogP contribution in [0.1, 0.15) is 26.3 Å². The average Bonchev–Trinajstić information content (AvgIpc) is 2.62. The molecule has 1 fully saturated rings. The molecule has 0 radical (unpaired) electrons. The fourth-order valence-corrected chi connectivity index (χ4v) is 1.83. The molecular weight excluding hydrogens is 216 g/mol. The van der Waals surface area contributed by atoms with Crippen LogP contribution in [0, 0.1) is 0 Å². The number of carbonyl (C=O) groups is 1. The zero-order chi connectivity index (χ0) is 13.1. The number of amides is 1. The Hall–Kier alpha value is -1.55. The largest absolute Gasteiger partial charge is 0.508 e. The molecule has 1 aliphatic heterocycles. The van der Waals surface area contributed by atoms with E-state index in [9.17, 15) is 9.90 Å². The third-order valence-corrected chi connectivity index (χ3v) is 2.89. The van der Waals surface area contributed by atoms with Crippen molar-refractivity contribution in [3.05, 3.63) is 29.8 Å². The Labute approximate surface area is 102 Å². The molecule has 0 aliphatic carbocycles. The number of hydrogen-bond donors (Lipinski definition) is 2. The van der Waals surface area contributed by atoms with Crippen LogP contribution in [0.5, 0.6) is 5.75 Å². The second kappa shape index (κ2) is 5.19. The minimum Gasteiger partial charge on any atom is -0.508 e. The van der Waals surface area contributed by atoms with Crippen LogP contribution in [-0.2, 0) is 10.3 Å². The maximum Gasteiger partial charge on any atom is 0.248 e. The number of hydrogen-bond acceptors (Lipinski definition) is 3. The zero-order valence-electron chi connectivity index (χ0n) is 10.8. The highest BCUT2D eigenvalue weighted by atomic mass is 16.3. The van der Waals surface area contributed by atoms with Gasteiger partial charge in [0.2, 0.25) is 5.91 Å². The van der Waals surface area contributed by atoms with Gasteiger partial charge in [-0.1, -0.05) is 26.0 Å². The lowest BCUT2D eigenvalue weighted by molar-refractivity contribution is -0.131. The van der Waals surface area contributed by atoms with E-state index in [0.717, 1.165) is 5.56 Å². The molecule has 0 spiro atoms. The Morgan fingerprint density at radius 1 is 1.29 bits per heavy atom. The molecule has 0 aromatic heterocycles. The van der Waals surface area contributed by atoms with Gasteiger partial charge in [0.25, 0.3) is 0 Å². The highest BCUT2D eigenvalue weighted by molar-refractivity contribution is 5.89. The number of benzene rings is 1. The minimum absolute atomic E-state index is 0.0492. The smallest absolute Gasteiger partial charge is 0.248 e. The van der Waals surface area contributed by atoms with Crippen molar-refractivity contribution in [2.75, 3.05) is 13.7 Å². The second-order valence-electron chi connectivity index (χ2n) is 4.01. The van der Waals surface area contributed by atoms with Crippen LogP contribution in [0.4, 0.5) is 0 Å². The number of rotatable bonds is 1. The van der Waals surface area contributed by atoms with Gasteiger partial charge in [0.15, 0.2) is 0 Å². The zero-order valence-corrected chi connectivity index (χ0v) is 10.8. The van der Waals surface area contributed by atoms with Crippen LogP contribution < -0.4 is 5.32 Å². The number of likely N-dealkylation sites (N-methyl/N-ethyl adjacent to an activating group) is 1. The Morgan fingerprint density at radius 2 is 1.82 bits per heavy atom. The molecule has 1 saturated heterocycles. The normalized spacial score (nSPS) is 23.3. The van der Waals surface area contributed by atoms with Crippen LogP contribution in [-0.4, -0.2) is 29.6 Å². The topological polar surface area (TPSA) is 52.6 Å². The molecule has 1 atom stereocenters. The van der Waals surface area contributed by atoms with Gasteiger partial charge in [0.1, 0.15) is 11.3 Å². The summed E-state index contributed by atoms with van der Waals surface area (Å²) in [6.45, 7) is 6.40. The van der Waals surface area contributed by atoms with Crippen molar-refractivity contribution in [1.82, 2.24) is 10.2 Å². The van der Waals surface area contributed by atoms with Gasteiger partial charge in [-0.15, -0.1) is 0 Å². The van der Waals surface area contributed by atoms with Gasteiger partial charge >= 0.3 is 0 Å². The molecule has 0 bridgehead atoms. The number of carbonyl (C=O) groups excluding carboxylic acids is 1. The predicted octanol–water partition coefficient (Wildman–Crippen LogP) is 1.65. The first-order chi connectivity index (χ1) is 8.04. The third-order valence-electron chi connectivity index (χ3n) is 2.89. The Morgan fingerprint density at radius 3 is 2.24 bits per heavy atom. The lowest BCUT2D eigenvalue weighted by Crippen LogP contribution is -2.40. The third kappa shape index (κ3) is 2.42. The van der Waals surface area contributed by atoms with E-state index in [1.165, 1.54) is 0 Å². The summed E-state index contributed by atoms with van der Waals surface area (Å²) >= 11 is 0. The Balaban J connectivity index is 0.000000686. The standard InChI is InChI=1S/C11H14N2O2.C2H6/c1-11(10(15)13(2)7-12-11)8-3-5-9(14)6-4-8;1-2/h3-6,12,14H,7H2,1-2H3;1-2H3/t11-;/m0./s1. The molecule has 1 amide bonds. The van der Waals surface area contributed by atoms with Gasteiger partial charge in [-0.3, -0.25) is 10.1 Å². The van der Waals surface area contributed by atoms with E-state index in [1.54, 1.807) is 36.2 Å². The average molecular weight is 236 g/mol. The maximum absolute atomic E-state index is 11.9. The van der Waals surface area contributed by atoms with Crippen LogP contribution in [0.25, 0.3) is 0 Å². The molecule has 1 aromatic carbocycles. The van der Waals surface area contributed by atoms with Gasteiger partial charge in [0.05, 0.1) is 6.67 Å². The van der Waals surface area contributed by atoms with E-state index >= 15 is 0 Å². The van der Waals surface area contributed by atoms with Gasteiger partial charge in [-0.2, -0.15) is 0 Å². The highest BCUT2D eigenvalue weighted by Crippen LogP contribution is 2.27. The molecule has 1 aliphatic rings. The van der Waals surface area contributed by atoms with Gasteiger partial charge < -0.3 is 10.0 Å². The number of phenols is 1. The second-order valence-corrected chi connectivity index (χ2v) is 4.01. The molecule has 1 aromatic rings. The van der Waals surface area contributed by atoms with E-state index in [4.69, 9.17) is 0 Å². The SMILES string of the molecule is CC.CN1CN[C@@](C)(c2ccc(O)cc2)C1=O. The fraction of sp³-hybridized carbons (Fsp3) is 0.462. The summed E-state index contributed by atoms with van der Waals surface area (Å²) in [4.78, 5) is 13.6. The summed E-state index contributed by atoms with van der Waals surface area (Å²) in [6, 6.07) is 6.71. The van der Waals surface area contributed by atoms with Crippen molar-refractivity contribution < 1.29 is 9.90 Å². The molecule has 1 heterocycles. The summed E-state index contributed by atoms with van der Waals surface area (Å²) in [5.74, 6) is 0.259. The number of nitrogens with one attached hydrogen (secondary N) is 1. The van der Waals surface area contributed by atoms with Crippen molar-refractivity contribution in [1.29, 1.82) is 0 Å². The molecule has 4 heteroatoms. The van der Waals surface area contributed by atoms with Crippen molar-refractivity contribution in [3.8, 4) is 5.75 Å². The van der Waals surface area contributed by atoms with E-state index in [1.807, 2.05) is 20.8 Å². The van der Waals surface area contributed by atoms with Gasteiger partial charge in [-0.05, 0) is 24.6 Å². The molecule has 0 saturated carbocycles. The fourth-order valence-electron chi connectivity index (χ4n) is 1.83. The Kier molecular flexibility index (Phi) is 4.12. The summed E-state index contributed by atoms with van der Waals surface area (Å²) in [7, 11) is 1.76. The lowest BCUT2D eigenvalue weighted by atomic mass is 9.92. The van der Waals surface area contributed by atoms with Crippen LogP contribution in [0.15, 0.2) is 24.3 Å². The maximum atomic E-state index is 11.9. The van der Waals surface area contributed by atoms with Crippen molar-refractivity contribution in [2.24, 2.45) is 0 Å². The molecular formula is C13H20N2O2. The van der Waals surface area contributed by atoms with Crippen LogP contribution >= 0.6 is 0 Å². The highest BCUT2D eigenvalue weighted by Gasteiger charge is 2.42. The molecule has 2 rings (SSSR count). The van der Waals surface area contributed by atoms with Crippen molar-refractivity contribution in [3.63, 3.8) is 0 Å². The van der Waals surface area contributed by atoms with E-state index in [0.29, 0.717) is 6.67 Å². The van der Waals surface area contributed by atoms with Gasteiger partial charge in [0, 0.05) is 7.05 Å². The molecule has 2 N–H and O–H groups in total. The van der Waals surface area contributed by atoms with Crippen molar-refractivity contribution in [2.45, 2.75) is 26.3 Å². The van der Waals surface area contributed by atoms with E-state index in [2.05, 4.69) is 5.32 Å². The van der Waals surface area contributed by atoms with Crippen LogP contribution in [0.3, 0.4) is 0 Å². The predicted molar refractivity (Wildman–Crippen MR) is 67.6 cm³/mol. The molecule has 17 heavy (non-hydrogen) atoms. The summed E-state index contributed by atoms with van der Waals surface area (Å²) < 4.78 is 0.